The van der Waals surface area contributed by atoms with E-state index in [4.69, 9.17) is 14.6 Å². The van der Waals surface area contributed by atoms with Crippen molar-refractivity contribution >= 4 is 27.7 Å². The standard InChI is InChI=1S/C23H24N6O6S/c1-13-20(16-7-10-18(34-3)19(11-16)35-4)21-25-14(2)26-22(29(21)27-13)24-12-15-5-8-17(9-6-15)36(32,33)28-23(30)31/h5-11,28H,12H2,1-4H3,(H,30,31)(H,24,25,26). The summed E-state index contributed by atoms with van der Waals surface area (Å²) in [7, 11) is -0.989. The summed E-state index contributed by atoms with van der Waals surface area (Å²) in [6.07, 6.45) is -1.65. The van der Waals surface area contributed by atoms with Crippen molar-refractivity contribution < 1.29 is 27.8 Å². The van der Waals surface area contributed by atoms with Crippen LogP contribution in [0.1, 0.15) is 17.1 Å². The summed E-state index contributed by atoms with van der Waals surface area (Å²) in [5, 5.41) is 16.5. The molecular weight excluding hydrogens is 488 g/mol. The van der Waals surface area contributed by atoms with Gasteiger partial charge in [-0.3, -0.25) is 0 Å². The van der Waals surface area contributed by atoms with Gasteiger partial charge in [0.25, 0.3) is 10.0 Å². The highest BCUT2D eigenvalue weighted by Gasteiger charge is 2.19. The largest absolute Gasteiger partial charge is 0.493 e. The second kappa shape index (κ2) is 9.70. The number of aryl methyl sites for hydroxylation is 2. The van der Waals surface area contributed by atoms with Gasteiger partial charge in [0, 0.05) is 12.1 Å². The molecule has 0 aliphatic heterocycles. The minimum absolute atomic E-state index is 0.156. The zero-order valence-corrected chi connectivity index (χ0v) is 20.8. The van der Waals surface area contributed by atoms with Crippen LogP contribution in [-0.2, 0) is 16.6 Å². The van der Waals surface area contributed by atoms with Crippen molar-refractivity contribution in [3.63, 3.8) is 0 Å². The van der Waals surface area contributed by atoms with Crippen molar-refractivity contribution in [2.24, 2.45) is 0 Å². The number of hydrogen-bond donors (Lipinski definition) is 3. The van der Waals surface area contributed by atoms with Crippen LogP contribution in [0, 0.1) is 13.8 Å². The van der Waals surface area contributed by atoms with E-state index < -0.39 is 16.1 Å². The van der Waals surface area contributed by atoms with Gasteiger partial charge in [0.2, 0.25) is 5.95 Å². The minimum atomic E-state index is -4.14. The number of carboxylic acid groups (broad SMARTS) is 1. The number of aromatic nitrogens is 4. The topological polar surface area (TPSA) is 157 Å². The molecule has 0 aliphatic rings. The number of benzene rings is 2. The predicted octanol–water partition coefficient (Wildman–Crippen LogP) is 2.99. The zero-order chi connectivity index (χ0) is 26.0. The number of carbonyl (C=O) groups is 1. The quantitative estimate of drug-likeness (QED) is 0.320. The number of amides is 1. The highest BCUT2D eigenvalue weighted by Crippen LogP contribution is 2.35. The van der Waals surface area contributed by atoms with E-state index in [1.54, 1.807) is 37.8 Å². The lowest BCUT2D eigenvalue weighted by molar-refractivity contribution is 0.201. The lowest BCUT2D eigenvalue weighted by Crippen LogP contribution is -2.28. The molecule has 0 saturated heterocycles. The number of anilines is 1. The van der Waals surface area contributed by atoms with Crippen LogP contribution in [0.3, 0.4) is 0 Å². The molecular formula is C23H24N6O6S. The number of hydrogen-bond acceptors (Lipinski definition) is 9. The van der Waals surface area contributed by atoms with Crippen molar-refractivity contribution in [3.8, 4) is 22.6 Å². The molecule has 12 nitrogen and oxygen atoms in total. The predicted molar refractivity (Wildman–Crippen MR) is 131 cm³/mol. The van der Waals surface area contributed by atoms with Crippen LogP contribution in [0.2, 0.25) is 0 Å². The Labute approximate surface area is 207 Å². The van der Waals surface area contributed by atoms with Crippen molar-refractivity contribution in [3.05, 3.63) is 59.5 Å². The summed E-state index contributed by atoms with van der Waals surface area (Å²) in [6.45, 7) is 3.97. The molecule has 0 saturated carbocycles. The van der Waals surface area contributed by atoms with Gasteiger partial charge in [0.05, 0.1) is 24.8 Å². The summed E-state index contributed by atoms with van der Waals surface area (Å²) >= 11 is 0. The monoisotopic (exact) mass is 512 g/mol. The molecule has 0 radical (unpaired) electrons. The van der Waals surface area contributed by atoms with E-state index >= 15 is 0 Å². The third kappa shape index (κ3) is 4.86. The van der Waals surface area contributed by atoms with Gasteiger partial charge in [-0.2, -0.15) is 14.6 Å². The zero-order valence-electron chi connectivity index (χ0n) is 19.9. The third-order valence-corrected chi connectivity index (χ3v) is 6.69. The Morgan fingerprint density at radius 2 is 1.72 bits per heavy atom. The SMILES string of the molecule is COc1ccc(-c2c(C)nn3c(NCc4ccc(S(=O)(=O)NC(=O)O)cc4)nc(C)nc23)cc1OC. The van der Waals surface area contributed by atoms with Gasteiger partial charge in [-0.15, -0.1) is 0 Å². The van der Waals surface area contributed by atoms with Gasteiger partial charge >= 0.3 is 6.09 Å². The maximum absolute atomic E-state index is 12.0. The average molecular weight is 513 g/mol. The molecule has 0 aliphatic carbocycles. The number of fused-ring (bicyclic) bond motifs is 1. The summed E-state index contributed by atoms with van der Waals surface area (Å²) in [6, 6.07) is 11.4. The van der Waals surface area contributed by atoms with Gasteiger partial charge in [0.15, 0.2) is 17.1 Å². The summed E-state index contributed by atoms with van der Waals surface area (Å²) in [4.78, 5) is 19.6. The van der Waals surface area contributed by atoms with Crippen LogP contribution in [0.5, 0.6) is 11.5 Å². The number of rotatable bonds is 8. The van der Waals surface area contributed by atoms with E-state index in [0.717, 1.165) is 22.4 Å². The number of sulfonamides is 1. The second-order valence-electron chi connectivity index (χ2n) is 7.77. The first-order valence-corrected chi connectivity index (χ1v) is 12.2. The van der Waals surface area contributed by atoms with Gasteiger partial charge in [-0.1, -0.05) is 18.2 Å². The van der Waals surface area contributed by atoms with Gasteiger partial charge < -0.3 is 19.9 Å². The molecule has 13 heteroatoms. The Balaban J connectivity index is 1.64. The molecule has 0 fully saturated rings. The summed E-state index contributed by atoms with van der Waals surface area (Å²) < 4.78 is 37.9. The average Bonchev–Trinajstić information content (AvgIpc) is 3.17. The maximum atomic E-state index is 12.0. The molecule has 1 amide bonds. The van der Waals surface area contributed by atoms with Crippen LogP contribution in [0.25, 0.3) is 16.8 Å². The van der Waals surface area contributed by atoms with Gasteiger partial charge in [0.1, 0.15) is 5.82 Å². The van der Waals surface area contributed by atoms with Crippen LogP contribution < -0.4 is 19.5 Å². The van der Waals surface area contributed by atoms with E-state index in [1.807, 2.05) is 25.1 Å². The molecule has 0 spiro atoms. The Bertz CT molecular complexity index is 1550. The molecule has 2 aromatic carbocycles. The van der Waals surface area contributed by atoms with Crippen LogP contribution >= 0.6 is 0 Å². The molecule has 3 N–H and O–H groups in total. The molecule has 0 atom stereocenters. The molecule has 4 rings (SSSR count). The number of ether oxygens (including phenoxy) is 2. The van der Waals surface area contributed by atoms with E-state index in [1.165, 1.54) is 16.9 Å². The lowest BCUT2D eigenvalue weighted by Gasteiger charge is -2.11. The molecule has 2 heterocycles. The fourth-order valence-electron chi connectivity index (χ4n) is 3.73. The lowest BCUT2D eigenvalue weighted by atomic mass is 10.1. The van der Waals surface area contributed by atoms with Crippen LogP contribution in [0.4, 0.5) is 10.7 Å². The highest BCUT2D eigenvalue weighted by molar-refractivity contribution is 7.90. The third-order valence-electron chi connectivity index (χ3n) is 5.35. The van der Waals surface area contributed by atoms with Crippen molar-refractivity contribution in [2.75, 3.05) is 19.5 Å². The van der Waals surface area contributed by atoms with E-state index in [2.05, 4.69) is 20.4 Å². The van der Waals surface area contributed by atoms with Crippen molar-refractivity contribution in [1.29, 1.82) is 0 Å². The fourth-order valence-corrected chi connectivity index (χ4v) is 4.57. The normalized spacial score (nSPS) is 11.3. The van der Waals surface area contributed by atoms with E-state index in [0.29, 0.717) is 35.5 Å². The Hall–Kier alpha value is -4.39. The highest BCUT2D eigenvalue weighted by atomic mass is 32.2. The summed E-state index contributed by atoms with van der Waals surface area (Å²) in [5.74, 6) is 2.19. The van der Waals surface area contributed by atoms with E-state index in [-0.39, 0.29) is 4.90 Å². The first-order chi connectivity index (χ1) is 17.1. The molecule has 0 unspecified atom stereocenters. The molecule has 2 aromatic heterocycles. The number of methoxy groups -OCH3 is 2. The van der Waals surface area contributed by atoms with Crippen molar-refractivity contribution in [1.82, 2.24) is 24.3 Å². The fraction of sp³-hybridized carbons (Fsp3) is 0.217. The van der Waals surface area contributed by atoms with Crippen LogP contribution in [-0.4, -0.2) is 53.4 Å². The second-order valence-corrected chi connectivity index (χ2v) is 9.45. The van der Waals surface area contributed by atoms with E-state index in [9.17, 15) is 13.2 Å². The minimum Gasteiger partial charge on any atom is -0.493 e. The van der Waals surface area contributed by atoms with Gasteiger partial charge in [-0.05, 0) is 49.2 Å². The molecule has 188 valence electrons. The van der Waals surface area contributed by atoms with Gasteiger partial charge in [-0.25, -0.2) is 22.9 Å². The Morgan fingerprint density at radius 1 is 1.03 bits per heavy atom. The smallest absolute Gasteiger partial charge is 0.418 e. The first-order valence-electron chi connectivity index (χ1n) is 10.7. The Kier molecular flexibility index (Phi) is 6.66. The van der Waals surface area contributed by atoms with Crippen LogP contribution in [0.15, 0.2) is 47.4 Å². The molecule has 36 heavy (non-hydrogen) atoms. The van der Waals surface area contributed by atoms with Crippen molar-refractivity contribution in [2.45, 2.75) is 25.3 Å². The summed E-state index contributed by atoms with van der Waals surface area (Å²) in [5.41, 5.74) is 3.78. The molecule has 0 bridgehead atoms. The number of nitrogens with zero attached hydrogens (tertiary/aromatic N) is 4. The number of nitrogens with one attached hydrogen (secondary N) is 2. The Morgan fingerprint density at radius 3 is 2.36 bits per heavy atom. The maximum Gasteiger partial charge on any atom is 0.418 e. The molecule has 4 aromatic rings. The first kappa shape index (κ1) is 24.7.